The molecule has 0 aliphatic rings. The Balaban J connectivity index is 2.75. The highest BCUT2D eigenvalue weighted by molar-refractivity contribution is 5.42. The van der Waals surface area contributed by atoms with E-state index in [0.717, 1.165) is 31.7 Å². The van der Waals surface area contributed by atoms with Crippen LogP contribution < -0.4 is 15.8 Å². The first-order valence-corrected chi connectivity index (χ1v) is 6.19. The topological polar surface area (TPSA) is 50.2 Å². The molecule has 1 aromatic rings. The zero-order chi connectivity index (χ0) is 12.7. The Morgan fingerprint density at radius 3 is 2.65 bits per heavy atom. The van der Waals surface area contributed by atoms with Crippen LogP contribution in [0.25, 0.3) is 0 Å². The second-order valence-electron chi connectivity index (χ2n) is 3.90. The summed E-state index contributed by atoms with van der Waals surface area (Å²) in [6, 6.07) is 1.67. The molecule has 0 aliphatic carbocycles. The molecule has 96 valence electrons. The minimum atomic E-state index is -0.0227. The molecule has 0 spiro atoms. The quantitative estimate of drug-likeness (QED) is 0.710. The molecule has 0 fully saturated rings. The highest BCUT2D eigenvalue weighted by Gasteiger charge is 2.04. The number of aromatic nitrogens is 2. The molecular weight excluding hydrogens is 216 g/mol. The van der Waals surface area contributed by atoms with E-state index in [1.54, 1.807) is 12.3 Å². The molecule has 0 amide bonds. The number of hydrogen-bond acceptors (Lipinski definition) is 4. The molecule has 0 radical (unpaired) electrons. The van der Waals surface area contributed by atoms with E-state index in [2.05, 4.69) is 29.2 Å². The van der Waals surface area contributed by atoms with Crippen LogP contribution in [0.5, 0.6) is 0 Å². The molecule has 1 rings (SSSR count). The van der Waals surface area contributed by atoms with Gasteiger partial charge in [-0.2, -0.15) is 5.10 Å². The number of nitrogens with one attached hydrogen (secondary N) is 1. The van der Waals surface area contributed by atoms with E-state index < -0.39 is 0 Å². The summed E-state index contributed by atoms with van der Waals surface area (Å²) in [7, 11) is 1.90. The molecule has 1 aromatic heterocycles. The fraction of sp³-hybridized carbons (Fsp3) is 0.667. The van der Waals surface area contributed by atoms with Crippen molar-refractivity contribution in [1.29, 1.82) is 0 Å². The Morgan fingerprint density at radius 1 is 1.41 bits per heavy atom. The summed E-state index contributed by atoms with van der Waals surface area (Å²) in [4.78, 5) is 13.9. The number of hydrogen-bond donors (Lipinski definition) is 1. The van der Waals surface area contributed by atoms with Crippen molar-refractivity contribution in [2.24, 2.45) is 0 Å². The number of aryl methyl sites for hydroxylation is 1. The molecule has 5 nitrogen and oxygen atoms in total. The summed E-state index contributed by atoms with van der Waals surface area (Å²) in [6.45, 7) is 7.48. The van der Waals surface area contributed by atoms with Gasteiger partial charge in [0.05, 0.1) is 11.9 Å². The lowest BCUT2D eigenvalue weighted by Gasteiger charge is -2.20. The second kappa shape index (κ2) is 7.06. The Morgan fingerprint density at radius 2 is 2.12 bits per heavy atom. The van der Waals surface area contributed by atoms with Crippen molar-refractivity contribution in [3.05, 3.63) is 22.6 Å². The molecule has 0 aromatic carbocycles. The highest BCUT2D eigenvalue weighted by atomic mass is 16.1. The van der Waals surface area contributed by atoms with E-state index in [-0.39, 0.29) is 5.56 Å². The first-order valence-electron chi connectivity index (χ1n) is 6.19. The third kappa shape index (κ3) is 3.85. The molecule has 0 unspecified atom stereocenters. The predicted molar refractivity (Wildman–Crippen MR) is 70.6 cm³/mol. The fourth-order valence-electron chi connectivity index (χ4n) is 1.76. The van der Waals surface area contributed by atoms with Gasteiger partial charge in [-0.1, -0.05) is 0 Å². The average Bonchev–Trinajstić information content (AvgIpc) is 2.33. The van der Waals surface area contributed by atoms with E-state index in [4.69, 9.17) is 0 Å². The summed E-state index contributed by atoms with van der Waals surface area (Å²) < 4.78 is 1.52. The molecular formula is C12H22N4O. The van der Waals surface area contributed by atoms with Gasteiger partial charge in [0.1, 0.15) is 0 Å². The lowest BCUT2D eigenvalue weighted by Crippen LogP contribution is -2.28. The SMILES string of the molecule is CCN(CC)c1cnn(CCCNC)c(=O)c1. The van der Waals surface area contributed by atoms with Crippen LogP contribution in [0.3, 0.4) is 0 Å². The predicted octanol–water partition coefficient (Wildman–Crippen LogP) is 0.699. The Bertz CT molecular complexity index is 384. The van der Waals surface area contributed by atoms with Crippen molar-refractivity contribution >= 4 is 5.69 Å². The van der Waals surface area contributed by atoms with Gasteiger partial charge >= 0.3 is 0 Å². The molecule has 0 saturated carbocycles. The molecule has 1 N–H and O–H groups in total. The highest BCUT2D eigenvalue weighted by Crippen LogP contribution is 2.08. The van der Waals surface area contributed by atoms with Gasteiger partial charge in [-0.25, -0.2) is 4.68 Å². The van der Waals surface area contributed by atoms with Crippen molar-refractivity contribution in [2.75, 3.05) is 31.6 Å². The largest absolute Gasteiger partial charge is 0.371 e. The van der Waals surface area contributed by atoms with Crippen molar-refractivity contribution in [3.8, 4) is 0 Å². The van der Waals surface area contributed by atoms with Crippen LogP contribution in [0.2, 0.25) is 0 Å². The lowest BCUT2D eigenvalue weighted by molar-refractivity contribution is 0.535. The van der Waals surface area contributed by atoms with Gasteiger partial charge in [0.25, 0.3) is 5.56 Å². The molecule has 0 bridgehead atoms. The van der Waals surface area contributed by atoms with Crippen LogP contribution in [-0.2, 0) is 6.54 Å². The van der Waals surface area contributed by atoms with Crippen LogP contribution >= 0.6 is 0 Å². The van der Waals surface area contributed by atoms with E-state index >= 15 is 0 Å². The lowest BCUT2D eigenvalue weighted by atomic mass is 10.3. The molecule has 1 heterocycles. The molecule has 0 saturated heterocycles. The first kappa shape index (κ1) is 13.7. The Hall–Kier alpha value is -1.36. The maximum atomic E-state index is 11.8. The maximum absolute atomic E-state index is 11.8. The van der Waals surface area contributed by atoms with Crippen LogP contribution in [-0.4, -0.2) is 36.5 Å². The third-order valence-corrected chi connectivity index (χ3v) is 2.78. The first-order chi connectivity index (χ1) is 8.22. The van der Waals surface area contributed by atoms with E-state index in [1.807, 2.05) is 7.05 Å². The summed E-state index contributed by atoms with van der Waals surface area (Å²) in [5, 5.41) is 7.26. The van der Waals surface area contributed by atoms with E-state index in [0.29, 0.717) is 6.54 Å². The van der Waals surface area contributed by atoms with Gasteiger partial charge in [0.15, 0.2) is 0 Å². The van der Waals surface area contributed by atoms with Crippen LogP contribution in [0.15, 0.2) is 17.1 Å². The normalized spacial score (nSPS) is 10.5. The molecule has 0 aliphatic heterocycles. The minimum absolute atomic E-state index is 0.0227. The monoisotopic (exact) mass is 238 g/mol. The van der Waals surface area contributed by atoms with Gasteiger partial charge in [-0.05, 0) is 33.9 Å². The zero-order valence-corrected chi connectivity index (χ0v) is 10.9. The van der Waals surface area contributed by atoms with Gasteiger partial charge in [0.2, 0.25) is 0 Å². The average molecular weight is 238 g/mol. The van der Waals surface area contributed by atoms with Gasteiger partial charge in [0, 0.05) is 25.7 Å². The van der Waals surface area contributed by atoms with E-state index in [1.165, 1.54) is 4.68 Å². The Labute approximate surface area is 102 Å². The molecule has 0 atom stereocenters. The summed E-state index contributed by atoms with van der Waals surface area (Å²) in [5.41, 5.74) is 0.885. The second-order valence-corrected chi connectivity index (χ2v) is 3.90. The van der Waals surface area contributed by atoms with Crippen molar-refractivity contribution in [1.82, 2.24) is 15.1 Å². The summed E-state index contributed by atoms with van der Waals surface area (Å²) in [6.07, 6.45) is 2.68. The van der Waals surface area contributed by atoms with Crippen molar-refractivity contribution < 1.29 is 0 Å². The smallest absolute Gasteiger partial charge is 0.268 e. The van der Waals surface area contributed by atoms with Gasteiger partial charge in [-0.15, -0.1) is 0 Å². The summed E-state index contributed by atoms with van der Waals surface area (Å²) in [5.74, 6) is 0. The zero-order valence-electron chi connectivity index (χ0n) is 10.9. The Kier molecular flexibility index (Phi) is 5.69. The fourth-order valence-corrected chi connectivity index (χ4v) is 1.76. The standard InChI is InChI=1S/C12H22N4O/c1-4-15(5-2)11-9-12(17)16(14-10-11)8-6-7-13-3/h9-10,13H,4-8H2,1-3H3. The van der Waals surface area contributed by atoms with Crippen molar-refractivity contribution in [2.45, 2.75) is 26.8 Å². The van der Waals surface area contributed by atoms with Crippen LogP contribution in [0.4, 0.5) is 5.69 Å². The molecule has 17 heavy (non-hydrogen) atoms. The maximum Gasteiger partial charge on any atom is 0.268 e. The number of nitrogens with zero attached hydrogens (tertiary/aromatic N) is 3. The summed E-state index contributed by atoms with van der Waals surface area (Å²) >= 11 is 0. The molecule has 5 heteroatoms. The number of anilines is 1. The van der Waals surface area contributed by atoms with Crippen LogP contribution in [0.1, 0.15) is 20.3 Å². The van der Waals surface area contributed by atoms with Crippen LogP contribution in [0, 0.1) is 0 Å². The number of rotatable bonds is 7. The van der Waals surface area contributed by atoms with E-state index in [9.17, 15) is 4.79 Å². The third-order valence-electron chi connectivity index (χ3n) is 2.78. The van der Waals surface area contributed by atoms with Gasteiger partial charge < -0.3 is 10.2 Å². The van der Waals surface area contributed by atoms with Gasteiger partial charge in [-0.3, -0.25) is 4.79 Å². The van der Waals surface area contributed by atoms with Crippen molar-refractivity contribution in [3.63, 3.8) is 0 Å². The minimum Gasteiger partial charge on any atom is -0.371 e.